The number of esters is 2. The number of nitro groups is 1. The molecule has 3 rings (SSSR count). The molecule has 1 saturated heterocycles. The van der Waals surface area contributed by atoms with Crippen LogP contribution in [0.5, 0.6) is 0 Å². The second-order valence-corrected chi connectivity index (χ2v) is 17.5. The van der Waals surface area contributed by atoms with E-state index in [-0.39, 0.29) is 71.9 Å². The third-order valence-corrected chi connectivity index (χ3v) is 12.8. The lowest BCUT2D eigenvalue weighted by Crippen LogP contribution is -2.65. The van der Waals surface area contributed by atoms with Crippen LogP contribution in [-0.2, 0) is 34.9 Å². The maximum atomic E-state index is 13.5. The number of nitro benzene ring substituents is 1. The largest absolute Gasteiger partial charge is 0.461 e. The van der Waals surface area contributed by atoms with Crippen molar-refractivity contribution in [3.8, 4) is 0 Å². The Kier molecular flexibility index (Phi) is 9.30. The Hall–Kier alpha value is -3.05. The van der Waals surface area contributed by atoms with Crippen molar-refractivity contribution in [1.29, 1.82) is 0 Å². The molecule has 0 radical (unpaired) electrons. The Balaban J connectivity index is 1.83. The van der Waals surface area contributed by atoms with Crippen LogP contribution in [0.25, 0.3) is 0 Å². The summed E-state index contributed by atoms with van der Waals surface area (Å²) in [6.45, 7) is 18.1. The molecule has 2 aliphatic heterocycles. The standard InChI is InChI=1S/C29H42N2O8Si/c1-17(2)14-23(32)37-16-22-18(3)25-24(19(4)39-40(8,9)29(5,6)7)27(33)30(25)26(22)28(34)38-15-20-10-12-21(13-11-20)31(35)36/h10-13,17-19,24-25H,14-16H2,1-9H3/t18-,19+,24+,25+/m0/s1. The summed E-state index contributed by atoms with van der Waals surface area (Å²) in [6, 6.07) is 5.39. The summed E-state index contributed by atoms with van der Waals surface area (Å²) in [4.78, 5) is 51.2. The quantitative estimate of drug-likeness (QED) is 0.114. The summed E-state index contributed by atoms with van der Waals surface area (Å²) in [5.74, 6) is -1.86. The molecule has 11 heteroatoms. The highest BCUT2D eigenvalue weighted by Crippen LogP contribution is 2.49. The number of amides is 1. The molecule has 0 unspecified atom stereocenters. The van der Waals surface area contributed by atoms with Crippen LogP contribution < -0.4 is 0 Å². The van der Waals surface area contributed by atoms with Crippen molar-refractivity contribution >= 4 is 31.9 Å². The third-order valence-electron chi connectivity index (χ3n) is 8.26. The summed E-state index contributed by atoms with van der Waals surface area (Å²) < 4.78 is 17.7. The zero-order valence-electron chi connectivity index (χ0n) is 25.0. The highest BCUT2D eigenvalue weighted by atomic mass is 28.4. The Labute approximate surface area is 237 Å². The summed E-state index contributed by atoms with van der Waals surface area (Å²) in [5.41, 5.74) is 1.15. The Bertz CT molecular complexity index is 1190. The SMILES string of the molecule is CC(C)CC(=O)OCC1=C(C(=O)OCc2ccc([N+](=O)[O-])cc2)N2C(=O)[C@H]([C@@H](C)O[Si](C)(C)C(C)(C)C)[C@H]2[C@H]1C. The lowest BCUT2D eigenvalue weighted by Gasteiger charge is -2.50. The topological polar surface area (TPSA) is 125 Å². The van der Waals surface area contributed by atoms with Gasteiger partial charge in [-0.2, -0.15) is 0 Å². The predicted molar refractivity (Wildman–Crippen MR) is 151 cm³/mol. The van der Waals surface area contributed by atoms with E-state index in [4.69, 9.17) is 13.9 Å². The van der Waals surface area contributed by atoms with Gasteiger partial charge in [-0.25, -0.2) is 4.79 Å². The van der Waals surface area contributed by atoms with Crippen LogP contribution in [0.1, 0.15) is 60.5 Å². The van der Waals surface area contributed by atoms with Gasteiger partial charge in [0, 0.05) is 30.0 Å². The van der Waals surface area contributed by atoms with Crippen LogP contribution in [0, 0.1) is 27.9 Å². The number of fused-ring (bicyclic) bond motifs is 1. The van der Waals surface area contributed by atoms with Crippen molar-refractivity contribution in [2.75, 3.05) is 6.61 Å². The van der Waals surface area contributed by atoms with Gasteiger partial charge >= 0.3 is 11.9 Å². The molecular formula is C29H42N2O8Si. The van der Waals surface area contributed by atoms with E-state index in [2.05, 4.69) is 33.9 Å². The van der Waals surface area contributed by atoms with Crippen molar-refractivity contribution in [2.24, 2.45) is 17.8 Å². The van der Waals surface area contributed by atoms with Gasteiger partial charge in [0.05, 0.1) is 23.0 Å². The predicted octanol–water partition coefficient (Wildman–Crippen LogP) is 5.37. The van der Waals surface area contributed by atoms with E-state index in [1.807, 2.05) is 27.7 Å². The van der Waals surface area contributed by atoms with Crippen molar-refractivity contribution in [3.63, 3.8) is 0 Å². The van der Waals surface area contributed by atoms with Gasteiger partial charge < -0.3 is 18.8 Å². The Morgan fingerprint density at radius 3 is 2.20 bits per heavy atom. The second kappa shape index (κ2) is 11.8. The molecule has 2 aliphatic rings. The van der Waals surface area contributed by atoms with Gasteiger partial charge in [0.1, 0.15) is 18.9 Å². The maximum Gasteiger partial charge on any atom is 0.355 e. The fourth-order valence-corrected chi connectivity index (χ4v) is 6.44. The number of non-ortho nitro benzene ring substituents is 1. The van der Waals surface area contributed by atoms with E-state index >= 15 is 0 Å². The number of ether oxygens (including phenoxy) is 2. The van der Waals surface area contributed by atoms with Crippen molar-refractivity contribution in [2.45, 2.75) is 91.8 Å². The minimum absolute atomic E-state index is 0.0319. The molecule has 1 fully saturated rings. The molecule has 0 bridgehead atoms. The van der Waals surface area contributed by atoms with Gasteiger partial charge in [-0.1, -0.05) is 41.5 Å². The Morgan fingerprint density at radius 1 is 1.07 bits per heavy atom. The first-order valence-electron chi connectivity index (χ1n) is 13.8. The molecule has 220 valence electrons. The van der Waals surface area contributed by atoms with E-state index in [9.17, 15) is 24.5 Å². The summed E-state index contributed by atoms with van der Waals surface area (Å²) in [7, 11) is -2.16. The average molecular weight is 575 g/mol. The van der Waals surface area contributed by atoms with Crippen LogP contribution in [0.15, 0.2) is 35.5 Å². The highest BCUT2D eigenvalue weighted by Gasteiger charge is 2.61. The normalized spacial score (nSPS) is 21.7. The molecule has 40 heavy (non-hydrogen) atoms. The molecule has 10 nitrogen and oxygen atoms in total. The molecule has 2 heterocycles. The molecule has 1 aromatic carbocycles. The van der Waals surface area contributed by atoms with Gasteiger partial charge in [-0.05, 0) is 48.7 Å². The second-order valence-electron chi connectivity index (χ2n) is 12.7. The number of hydrogen-bond acceptors (Lipinski definition) is 8. The van der Waals surface area contributed by atoms with Crippen molar-refractivity contribution < 1.29 is 33.2 Å². The van der Waals surface area contributed by atoms with Crippen LogP contribution >= 0.6 is 0 Å². The molecule has 0 aliphatic carbocycles. The minimum atomic E-state index is -2.16. The Morgan fingerprint density at radius 2 is 1.68 bits per heavy atom. The fourth-order valence-electron chi connectivity index (χ4n) is 5.01. The number of rotatable bonds is 11. The van der Waals surface area contributed by atoms with Gasteiger partial charge in [0.15, 0.2) is 8.32 Å². The number of β-lactam (4-membered cyclic amide) rings is 1. The lowest BCUT2D eigenvalue weighted by atomic mass is 9.78. The van der Waals surface area contributed by atoms with Gasteiger partial charge in [0.2, 0.25) is 5.91 Å². The smallest absolute Gasteiger partial charge is 0.355 e. The number of nitrogens with zero attached hydrogens (tertiary/aromatic N) is 2. The zero-order chi connectivity index (χ0) is 30.2. The summed E-state index contributed by atoms with van der Waals surface area (Å²) in [5, 5.41) is 10.9. The minimum Gasteiger partial charge on any atom is -0.461 e. The van der Waals surface area contributed by atoms with E-state index in [0.717, 1.165) is 0 Å². The number of carbonyl (C=O) groups excluding carboxylic acids is 3. The number of benzene rings is 1. The summed E-state index contributed by atoms with van der Waals surface area (Å²) >= 11 is 0. The molecule has 1 aromatic rings. The highest BCUT2D eigenvalue weighted by molar-refractivity contribution is 6.74. The molecule has 4 atom stereocenters. The monoisotopic (exact) mass is 574 g/mol. The first-order chi connectivity index (χ1) is 18.5. The average Bonchev–Trinajstić information content (AvgIpc) is 3.07. The lowest BCUT2D eigenvalue weighted by molar-refractivity contribution is -0.384. The fraction of sp³-hybridized carbons (Fsp3) is 0.621. The molecule has 1 amide bonds. The van der Waals surface area contributed by atoms with E-state index < -0.39 is 25.1 Å². The molecule has 0 spiro atoms. The third kappa shape index (κ3) is 6.46. The summed E-state index contributed by atoms with van der Waals surface area (Å²) in [6.07, 6.45) is -0.106. The van der Waals surface area contributed by atoms with Gasteiger partial charge in [0.25, 0.3) is 5.69 Å². The number of hydrogen-bond donors (Lipinski definition) is 0. The molecular weight excluding hydrogens is 532 g/mol. The van der Waals surface area contributed by atoms with Crippen molar-refractivity contribution in [3.05, 3.63) is 51.2 Å². The van der Waals surface area contributed by atoms with E-state index in [1.165, 1.54) is 29.2 Å². The molecule has 0 N–H and O–H groups in total. The van der Waals surface area contributed by atoms with Crippen LogP contribution in [0.4, 0.5) is 5.69 Å². The maximum absolute atomic E-state index is 13.5. The van der Waals surface area contributed by atoms with Crippen LogP contribution in [-0.4, -0.2) is 54.7 Å². The van der Waals surface area contributed by atoms with Gasteiger partial charge in [-0.15, -0.1) is 0 Å². The number of carbonyl (C=O) groups is 3. The first-order valence-corrected chi connectivity index (χ1v) is 16.7. The van der Waals surface area contributed by atoms with Crippen LogP contribution in [0.2, 0.25) is 18.1 Å². The zero-order valence-corrected chi connectivity index (χ0v) is 26.0. The molecule has 0 aromatic heterocycles. The van der Waals surface area contributed by atoms with Crippen LogP contribution in [0.3, 0.4) is 0 Å². The van der Waals surface area contributed by atoms with E-state index in [1.54, 1.807) is 0 Å². The molecule has 0 saturated carbocycles. The first kappa shape index (κ1) is 31.5. The van der Waals surface area contributed by atoms with Gasteiger partial charge in [-0.3, -0.25) is 19.7 Å². The van der Waals surface area contributed by atoms with Crippen molar-refractivity contribution in [1.82, 2.24) is 4.90 Å². The van der Waals surface area contributed by atoms with E-state index in [0.29, 0.717) is 11.1 Å².